The lowest BCUT2D eigenvalue weighted by atomic mass is 10.1. The van der Waals surface area contributed by atoms with Crippen molar-refractivity contribution >= 4 is 11.4 Å². The molecular formula is C13H23N3. The summed E-state index contributed by atoms with van der Waals surface area (Å²) in [5, 5.41) is 0. The fourth-order valence-corrected chi connectivity index (χ4v) is 0.937. The second kappa shape index (κ2) is 9.04. The van der Waals surface area contributed by atoms with Crippen LogP contribution in [0.4, 0.5) is 0 Å². The van der Waals surface area contributed by atoms with E-state index in [2.05, 4.69) is 16.9 Å². The first-order valence-corrected chi connectivity index (χ1v) is 5.71. The van der Waals surface area contributed by atoms with Crippen LogP contribution in [0.15, 0.2) is 34.5 Å². The quantitative estimate of drug-likeness (QED) is 0.688. The van der Waals surface area contributed by atoms with Gasteiger partial charge < -0.3 is 5.73 Å². The average molecular weight is 221 g/mol. The Morgan fingerprint density at radius 1 is 1.25 bits per heavy atom. The summed E-state index contributed by atoms with van der Waals surface area (Å²) in [6.45, 7) is 7.98. The number of nitrogens with two attached hydrogens (primary N) is 1. The van der Waals surface area contributed by atoms with E-state index < -0.39 is 0 Å². The molecule has 0 aliphatic heterocycles. The molecule has 0 aliphatic carbocycles. The number of allylic oxidation sites excluding steroid dienone is 1. The minimum absolute atomic E-state index is 0.0235. The molecule has 0 rings (SSSR count). The van der Waals surface area contributed by atoms with E-state index in [0.29, 0.717) is 0 Å². The van der Waals surface area contributed by atoms with E-state index >= 15 is 0 Å². The standard InChI is InChI=1S/C13H23N3/c1-5-9-16-12(4)13(14)8-7-10-15-11(3)6-2/h5,7,9-10,13H,6,8,14H2,1-4H3/b9-5-,10-7+,15-11+,16-12+. The van der Waals surface area contributed by atoms with Crippen LogP contribution in [0.3, 0.4) is 0 Å². The molecule has 0 aromatic rings. The van der Waals surface area contributed by atoms with Crippen LogP contribution >= 0.6 is 0 Å². The molecule has 0 bridgehead atoms. The minimum atomic E-state index is -0.0235. The Hall–Kier alpha value is -1.22. The van der Waals surface area contributed by atoms with E-state index in [1.807, 2.05) is 39.1 Å². The number of aliphatic imine (C=N–C) groups is 2. The molecule has 0 aliphatic rings. The summed E-state index contributed by atoms with van der Waals surface area (Å²) < 4.78 is 0. The van der Waals surface area contributed by atoms with Crippen molar-refractivity contribution in [2.24, 2.45) is 15.7 Å². The maximum atomic E-state index is 5.94. The van der Waals surface area contributed by atoms with Crippen molar-refractivity contribution in [3.05, 3.63) is 24.6 Å². The molecule has 16 heavy (non-hydrogen) atoms. The molecule has 0 spiro atoms. The van der Waals surface area contributed by atoms with E-state index in [4.69, 9.17) is 5.73 Å². The lowest BCUT2D eigenvalue weighted by Gasteiger charge is -2.06. The Morgan fingerprint density at radius 3 is 2.50 bits per heavy atom. The molecule has 3 nitrogen and oxygen atoms in total. The van der Waals surface area contributed by atoms with Gasteiger partial charge in [0.25, 0.3) is 0 Å². The molecule has 0 aromatic heterocycles. The fourth-order valence-electron chi connectivity index (χ4n) is 0.937. The van der Waals surface area contributed by atoms with Crippen molar-refractivity contribution < 1.29 is 0 Å². The largest absolute Gasteiger partial charge is 0.323 e. The molecule has 90 valence electrons. The molecule has 0 saturated heterocycles. The molecule has 0 heterocycles. The number of hydrogen-bond acceptors (Lipinski definition) is 3. The summed E-state index contributed by atoms with van der Waals surface area (Å²) in [7, 11) is 0. The molecule has 0 radical (unpaired) electrons. The lowest BCUT2D eigenvalue weighted by Crippen LogP contribution is -2.27. The van der Waals surface area contributed by atoms with Crippen LogP contribution in [0.5, 0.6) is 0 Å². The SMILES string of the molecule is C/C=C\N=C(/C)C(N)C/C=C/N=C(\C)CC. The second-order valence-corrected chi connectivity index (χ2v) is 3.70. The topological polar surface area (TPSA) is 50.7 Å². The van der Waals surface area contributed by atoms with Gasteiger partial charge in [-0.3, -0.25) is 9.98 Å². The Morgan fingerprint density at radius 2 is 1.94 bits per heavy atom. The number of nitrogens with zero attached hydrogens (tertiary/aromatic N) is 2. The lowest BCUT2D eigenvalue weighted by molar-refractivity contribution is 0.869. The number of hydrogen-bond donors (Lipinski definition) is 1. The van der Waals surface area contributed by atoms with Gasteiger partial charge in [0.15, 0.2) is 0 Å². The van der Waals surface area contributed by atoms with Crippen LogP contribution in [0.1, 0.15) is 40.5 Å². The third-order valence-corrected chi connectivity index (χ3v) is 2.27. The Balaban J connectivity index is 4.11. The zero-order chi connectivity index (χ0) is 12.4. The summed E-state index contributed by atoms with van der Waals surface area (Å²) >= 11 is 0. The Bertz CT molecular complexity index is 298. The van der Waals surface area contributed by atoms with Crippen molar-refractivity contribution in [1.29, 1.82) is 0 Å². The van der Waals surface area contributed by atoms with E-state index in [1.54, 1.807) is 6.20 Å². The molecule has 0 saturated carbocycles. The predicted molar refractivity (Wildman–Crippen MR) is 73.1 cm³/mol. The zero-order valence-corrected chi connectivity index (χ0v) is 10.8. The van der Waals surface area contributed by atoms with Crippen LogP contribution in [0, 0.1) is 0 Å². The van der Waals surface area contributed by atoms with Gasteiger partial charge in [-0.05, 0) is 33.6 Å². The van der Waals surface area contributed by atoms with E-state index in [1.165, 1.54) is 0 Å². The molecule has 1 atom stereocenters. The van der Waals surface area contributed by atoms with Gasteiger partial charge in [-0.1, -0.05) is 19.1 Å². The highest BCUT2D eigenvalue weighted by Gasteiger charge is 2.02. The van der Waals surface area contributed by atoms with Gasteiger partial charge in [-0.15, -0.1) is 0 Å². The summed E-state index contributed by atoms with van der Waals surface area (Å²) in [6.07, 6.45) is 9.21. The Labute approximate surface area is 98.9 Å². The Kier molecular flexibility index (Phi) is 8.35. The van der Waals surface area contributed by atoms with Crippen LogP contribution in [-0.4, -0.2) is 17.5 Å². The molecule has 0 aromatic carbocycles. The molecule has 0 amide bonds. The fraction of sp³-hybridized carbons (Fsp3) is 0.538. The maximum Gasteiger partial charge on any atom is 0.0462 e. The van der Waals surface area contributed by atoms with Crippen LogP contribution in [0.2, 0.25) is 0 Å². The van der Waals surface area contributed by atoms with E-state index in [-0.39, 0.29) is 6.04 Å². The van der Waals surface area contributed by atoms with Crippen molar-refractivity contribution in [2.75, 3.05) is 0 Å². The molecule has 1 unspecified atom stereocenters. The summed E-state index contributed by atoms with van der Waals surface area (Å²) in [5.41, 5.74) is 8.02. The van der Waals surface area contributed by atoms with Crippen molar-refractivity contribution in [3.8, 4) is 0 Å². The van der Waals surface area contributed by atoms with Crippen LogP contribution < -0.4 is 5.73 Å². The van der Waals surface area contributed by atoms with E-state index in [9.17, 15) is 0 Å². The van der Waals surface area contributed by atoms with Gasteiger partial charge in [0.1, 0.15) is 0 Å². The summed E-state index contributed by atoms with van der Waals surface area (Å²) in [6, 6.07) is -0.0235. The smallest absolute Gasteiger partial charge is 0.0462 e. The van der Waals surface area contributed by atoms with Gasteiger partial charge in [-0.2, -0.15) is 0 Å². The third kappa shape index (κ3) is 7.12. The van der Waals surface area contributed by atoms with Gasteiger partial charge in [0, 0.05) is 29.9 Å². The minimum Gasteiger partial charge on any atom is -0.323 e. The molecule has 2 N–H and O–H groups in total. The summed E-state index contributed by atoms with van der Waals surface area (Å²) in [5.74, 6) is 0. The highest BCUT2D eigenvalue weighted by atomic mass is 14.8. The molecule has 0 fully saturated rings. The van der Waals surface area contributed by atoms with Crippen LogP contribution in [0.25, 0.3) is 0 Å². The normalized spacial score (nSPS) is 16.3. The van der Waals surface area contributed by atoms with Gasteiger partial charge in [-0.25, -0.2) is 0 Å². The number of rotatable bonds is 6. The van der Waals surface area contributed by atoms with Crippen molar-refractivity contribution in [1.82, 2.24) is 0 Å². The highest BCUT2D eigenvalue weighted by molar-refractivity contribution is 5.87. The average Bonchev–Trinajstić information content (AvgIpc) is 2.30. The zero-order valence-electron chi connectivity index (χ0n) is 10.8. The van der Waals surface area contributed by atoms with Gasteiger partial charge in [0.2, 0.25) is 0 Å². The first-order valence-electron chi connectivity index (χ1n) is 5.71. The van der Waals surface area contributed by atoms with Gasteiger partial charge >= 0.3 is 0 Å². The van der Waals surface area contributed by atoms with Gasteiger partial charge in [0.05, 0.1) is 0 Å². The first kappa shape index (κ1) is 14.8. The first-order chi connectivity index (χ1) is 7.61. The second-order valence-electron chi connectivity index (χ2n) is 3.70. The molecular weight excluding hydrogens is 198 g/mol. The van der Waals surface area contributed by atoms with E-state index in [0.717, 1.165) is 24.3 Å². The van der Waals surface area contributed by atoms with Crippen molar-refractivity contribution in [2.45, 2.75) is 46.6 Å². The van der Waals surface area contributed by atoms with Crippen LogP contribution in [-0.2, 0) is 0 Å². The highest BCUT2D eigenvalue weighted by Crippen LogP contribution is 1.96. The maximum absolute atomic E-state index is 5.94. The molecule has 3 heteroatoms. The predicted octanol–water partition coefficient (Wildman–Crippen LogP) is 3.08. The van der Waals surface area contributed by atoms with Crippen molar-refractivity contribution in [3.63, 3.8) is 0 Å². The summed E-state index contributed by atoms with van der Waals surface area (Å²) in [4.78, 5) is 8.48. The monoisotopic (exact) mass is 221 g/mol. The third-order valence-electron chi connectivity index (χ3n) is 2.27.